The van der Waals surface area contributed by atoms with E-state index in [0.717, 1.165) is 25.0 Å². The fraction of sp³-hybridized carbons (Fsp3) is 0.286. The van der Waals surface area contributed by atoms with E-state index in [1.54, 1.807) is 0 Å². The van der Waals surface area contributed by atoms with Gasteiger partial charge in [-0.05, 0) is 24.8 Å². The molecule has 20 heavy (non-hydrogen) atoms. The number of ketones is 1. The van der Waals surface area contributed by atoms with E-state index in [0.29, 0.717) is 12.5 Å². The molecule has 0 atom stereocenters. The van der Waals surface area contributed by atoms with Crippen molar-refractivity contribution in [2.24, 2.45) is 5.92 Å². The maximum atomic E-state index is 13.2. The van der Waals surface area contributed by atoms with E-state index in [4.69, 9.17) is 0 Å². The molecule has 1 heterocycles. The van der Waals surface area contributed by atoms with Gasteiger partial charge >= 0.3 is 0 Å². The number of H-pyrrole nitrogens is 1. The van der Waals surface area contributed by atoms with Crippen LogP contribution in [0.3, 0.4) is 0 Å². The second-order valence-corrected chi connectivity index (χ2v) is 5.00. The zero-order chi connectivity index (χ0) is 14.3. The number of fused-ring (bicyclic) bond motifs is 1. The Morgan fingerprint density at radius 1 is 1.25 bits per heavy atom. The molecule has 1 saturated carbocycles. The number of carbonyl (C=O) groups excluding carboxylic acids is 2. The maximum absolute atomic E-state index is 13.2. The van der Waals surface area contributed by atoms with Gasteiger partial charge in [-0.15, -0.1) is 0 Å². The molecule has 1 aliphatic rings. The van der Waals surface area contributed by atoms with Crippen LogP contribution < -0.4 is 5.32 Å². The number of nitrogens with one attached hydrogen (secondary N) is 2. The number of halogens is 2. The van der Waals surface area contributed by atoms with Crippen LogP contribution in [0.5, 0.6) is 0 Å². The number of hydrogen-bond donors (Lipinski definition) is 2. The quantitative estimate of drug-likeness (QED) is 0.665. The van der Waals surface area contributed by atoms with Gasteiger partial charge in [0.1, 0.15) is 0 Å². The smallest absolute Gasteiger partial charge is 0.292 e. The first kappa shape index (κ1) is 12.8. The average Bonchev–Trinajstić information content (AvgIpc) is 3.17. The minimum atomic E-state index is -1.05. The van der Waals surface area contributed by atoms with Gasteiger partial charge in [0, 0.05) is 29.7 Å². The predicted molar refractivity (Wildman–Crippen MR) is 68.3 cm³/mol. The third-order valence-corrected chi connectivity index (χ3v) is 3.42. The Kier molecular flexibility index (Phi) is 3.00. The molecular weight excluding hydrogens is 266 g/mol. The second kappa shape index (κ2) is 4.70. The van der Waals surface area contributed by atoms with Gasteiger partial charge in [-0.25, -0.2) is 8.78 Å². The van der Waals surface area contributed by atoms with Crippen LogP contribution in [0.25, 0.3) is 10.9 Å². The number of benzene rings is 1. The molecule has 2 aromatic rings. The number of hydrogen-bond acceptors (Lipinski definition) is 2. The van der Waals surface area contributed by atoms with E-state index in [2.05, 4.69) is 10.3 Å². The maximum Gasteiger partial charge on any atom is 0.292 e. The summed E-state index contributed by atoms with van der Waals surface area (Å²) in [5, 5.41) is 2.76. The van der Waals surface area contributed by atoms with Gasteiger partial charge in [-0.2, -0.15) is 0 Å². The molecule has 0 unspecified atom stereocenters. The summed E-state index contributed by atoms with van der Waals surface area (Å²) in [7, 11) is 0. The number of amides is 1. The molecule has 2 N–H and O–H groups in total. The van der Waals surface area contributed by atoms with Crippen LogP contribution >= 0.6 is 0 Å². The van der Waals surface area contributed by atoms with E-state index in [9.17, 15) is 18.4 Å². The van der Waals surface area contributed by atoms with Crippen LogP contribution in [0.2, 0.25) is 0 Å². The summed E-state index contributed by atoms with van der Waals surface area (Å²) >= 11 is 0. The molecule has 104 valence electrons. The number of carbonyl (C=O) groups is 2. The molecule has 0 spiro atoms. The monoisotopic (exact) mass is 278 g/mol. The summed E-state index contributed by atoms with van der Waals surface area (Å²) in [6.07, 6.45) is 3.42. The Morgan fingerprint density at radius 2 is 1.95 bits per heavy atom. The first-order valence-electron chi connectivity index (χ1n) is 6.35. The highest BCUT2D eigenvalue weighted by molar-refractivity contribution is 6.44. The average molecular weight is 278 g/mol. The molecule has 0 saturated heterocycles. The largest absolute Gasteiger partial charge is 0.360 e. The summed E-state index contributed by atoms with van der Waals surface area (Å²) < 4.78 is 26.3. The van der Waals surface area contributed by atoms with Crippen molar-refractivity contribution >= 4 is 22.6 Å². The van der Waals surface area contributed by atoms with E-state index >= 15 is 0 Å². The van der Waals surface area contributed by atoms with Crippen LogP contribution in [-0.4, -0.2) is 23.2 Å². The number of aromatic nitrogens is 1. The molecule has 0 aliphatic heterocycles. The summed E-state index contributed by atoms with van der Waals surface area (Å²) in [5.41, 5.74) is 0.328. The van der Waals surface area contributed by atoms with Gasteiger partial charge < -0.3 is 10.3 Å². The molecule has 6 heteroatoms. The lowest BCUT2D eigenvalue weighted by Gasteiger charge is -2.02. The SMILES string of the molecule is O=C(NCC1CC1)C(=O)c1c[nH]c2cc(F)c(F)cc12. The molecule has 1 fully saturated rings. The lowest BCUT2D eigenvalue weighted by Crippen LogP contribution is -2.32. The topological polar surface area (TPSA) is 62.0 Å². The Balaban J connectivity index is 1.86. The number of Topliss-reactive ketones (excluding diaryl/α,β-unsaturated/α-hetero) is 1. The third kappa shape index (κ3) is 2.29. The van der Waals surface area contributed by atoms with Crippen LogP contribution in [0.4, 0.5) is 8.78 Å². The molecular formula is C14H12F2N2O2. The third-order valence-electron chi connectivity index (χ3n) is 3.42. The van der Waals surface area contributed by atoms with Gasteiger partial charge in [0.25, 0.3) is 11.7 Å². The summed E-state index contributed by atoms with van der Waals surface area (Å²) in [6.45, 7) is 0.482. The highest BCUT2D eigenvalue weighted by Crippen LogP contribution is 2.27. The van der Waals surface area contributed by atoms with Crippen molar-refractivity contribution in [2.45, 2.75) is 12.8 Å². The van der Waals surface area contributed by atoms with Crippen molar-refractivity contribution in [3.63, 3.8) is 0 Å². The van der Waals surface area contributed by atoms with E-state index in [-0.39, 0.29) is 16.5 Å². The first-order chi connectivity index (χ1) is 9.56. The minimum absolute atomic E-state index is 0.0483. The van der Waals surface area contributed by atoms with Crippen molar-refractivity contribution in [3.05, 3.63) is 35.5 Å². The number of aromatic amines is 1. The zero-order valence-electron chi connectivity index (χ0n) is 10.5. The first-order valence-corrected chi connectivity index (χ1v) is 6.35. The molecule has 3 rings (SSSR count). The van der Waals surface area contributed by atoms with E-state index in [1.165, 1.54) is 6.20 Å². The van der Waals surface area contributed by atoms with Gasteiger partial charge in [0.15, 0.2) is 11.6 Å². The molecule has 1 amide bonds. The predicted octanol–water partition coefficient (Wildman–Crippen LogP) is 2.16. The lowest BCUT2D eigenvalue weighted by molar-refractivity contribution is -0.117. The molecule has 1 aromatic carbocycles. The summed E-state index contributed by atoms with van der Waals surface area (Å²) in [6, 6.07) is 1.88. The Morgan fingerprint density at radius 3 is 2.65 bits per heavy atom. The zero-order valence-corrected chi connectivity index (χ0v) is 10.5. The van der Waals surface area contributed by atoms with Crippen LogP contribution in [0, 0.1) is 17.6 Å². The van der Waals surface area contributed by atoms with Crippen molar-refractivity contribution < 1.29 is 18.4 Å². The van der Waals surface area contributed by atoms with Crippen LogP contribution in [0.1, 0.15) is 23.2 Å². The van der Waals surface area contributed by atoms with E-state index < -0.39 is 23.3 Å². The van der Waals surface area contributed by atoms with Crippen molar-refractivity contribution in [3.8, 4) is 0 Å². The molecule has 1 aromatic heterocycles. The van der Waals surface area contributed by atoms with Gasteiger partial charge in [0.05, 0.1) is 5.56 Å². The Labute approximate surface area is 113 Å². The molecule has 0 bridgehead atoms. The van der Waals surface area contributed by atoms with E-state index in [1.807, 2.05) is 0 Å². The van der Waals surface area contributed by atoms with Crippen LogP contribution in [0.15, 0.2) is 18.3 Å². The van der Waals surface area contributed by atoms with Crippen molar-refractivity contribution in [2.75, 3.05) is 6.54 Å². The summed E-state index contributed by atoms with van der Waals surface area (Å²) in [4.78, 5) is 26.4. The highest BCUT2D eigenvalue weighted by Gasteiger charge is 2.25. The van der Waals surface area contributed by atoms with Gasteiger partial charge in [-0.3, -0.25) is 9.59 Å². The standard InChI is InChI=1S/C14H12F2N2O2/c15-10-3-8-9(6-17-12(8)4-11(10)16)13(19)14(20)18-5-7-1-2-7/h3-4,6-7,17H,1-2,5H2,(H,18,20). The lowest BCUT2D eigenvalue weighted by atomic mass is 10.1. The Hall–Kier alpha value is -2.24. The summed E-state index contributed by atoms with van der Waals surface area (Å²) in [5.74, 6) is -3.06. The minimum Gasteiger partial charge on any atom is -0.360 e. The fourth-order valence-electron chi connectivity index (χ4n) is 2.07. The van der Waals surface area contributed by atoms with Crippen molar-refractivity contribution in [1.82, 2.24) is 10.3 Å². The van der Waals surface area contributed by atoms with Crippen LogP contribution in [-0.2, 0) is 4.79 Å². The normalized spacial score (nSPS) is 14.5. The molecule has 1 aliphatic carbocycles. The second-order valence-electron chi connectivity index (χ2n) is 5.00. The van der Waals surface area contributed by atoms with Gasteiger partial charge in [0.2, 0.25) is 0 Å². The number of rotatable bonds is 4. The molecule has 4 nitrogen and oxygen atoms in total. The van der Waals surface area contributed by atoms with Crippen molar-refractivity contribution in [1.29, 1.82) is 0 Å². The Bertz CT molecular complexity index is 705. The fourth-order valence-corrected chi connectivity index (χ4v) is 2.07. The van der Waals surface area contributed by atoms with Gasteiger partial charge in [-0.1, -0.05) is 0 Å². The molecule has 0 radical (unpaired) electrons. The highest BCUT2D eigenvalue weighted by atomic mass is 19.2.